The predicted molar refractivity (Wildman–Crippen MR) is 116 cm³/mol. The molecule has 3 heterocycles. The number of hydrogen-bond donors (Lipinski definition) is 1. The average molecular weight is 395 g/mol. The molecule has 5 aromatic rings. The predicted octanol–water partition coefficient (Wildman–Crippen LogP) is 5.18. The molecule has 0 amide bonds. The number of benzene rings is 2. The summed E-state index contributed by atoms with van der Waals surface area (Å²) in [5.41, 5.74) is 6.18. The zero-order valence-corrected chi connectivity index (χ0v) is 16.6. The van der Waals surface area contributed by atoms with Gasteiger partial charge in [0.05, 0.1) is 12.0 Å². The number of aryl methyl sites for hydroxylation is 1. The molecule has 1 N–H and O–H groups in total. The van der Waals surface area contributed by atoms with Gasteiger partial charge in [-0.15, -0.1) is 0 Å². The van der Waals surface area contributed by atoms with Crippen LogP contribution >= 0.6 is 0 Å². The number of aromatic nitrogens is 3. The van der Waals surface area contributed by atoms with Gasteiger partial charge in [0, 0.05) is 19.0 Å². The van der Waals surface area contributed by atoms with E-state index in [9.17, 15) is 5.11 Å². The molecule has 0 bridgehead atoms. The van der Waals surface area contributed by atoms with Crippen LogP contribution in [-0.2, 0) is 12.8 Å². The van der Waals surface area contributed by atoms with Crippen molar-refractivity contribution >= 4 is 5.65 Å². The summed E-state index contributed by atoms with van der Waals surface area (Å²) in [4.78, 5) is 9.59. The Bertz CT molecular complexity index is 1290. The summed E-state index contributed by atoms with van der Waals surface area (Å²) >= 11 is 0. The van der Waals surface area contributed by atoms with Crippen LogP contribution in [-0.4, -0.2) is 19.5 Å². The van der Waals surface area contributed by atoms with E-state index in [1.165, 1.54) is 5.56 Å². The van der Waals surface area contributed by atoms with Crippen molar-refractivity contribution in [2.75, 3.05) is 0 Å². The third-order valence-corrected chi connectivity index (χ3v) is 5.20. The van der Waals surface area contributed by atoms with E-state index >= 15 is 0 Å². The molecular formula is C25H21N3O2. The van der Waals surface area contributed by atoms with Crippen molar-refractivity contribution in [3.8, 4) is 17.3 Å². The monoisotopic (exact) mass is 395 g/mol. The van der Waals surface area contributed by atoms with Gasteiger partial charge in [-0.25, -0.2) is 9.97 Å². The van der Waals surface area contributed by atoms with Gasteiger partial charge in [-0.2, -0.15) is 0 Å². The molecule has 0 aliphatic heterocycles. The normalized spacial score (nSPS) is 11.2. The molecule has 0 atom stereocenters. The number of nitrogens with zero attached hydrogens (tertiary/aromatic N) is 3. The van der Waals surface area contributed by atoms with Gasteiger partial charge in [-0.3, -0.25) is 4.40 Å². The first kappa shape index (κ1) is 18.2. The van der Waals surface area contributed by atoms with Crippen molar-refractivity contribution in [2.24, 2.45) is 0 Å². The molecule has 0 aliphatic carbocycles. The van der Waals surface area contributed by atoms with Crippen LogP contribution in [0.25, 0.3) is 17.1 Å². The third kappa shape index (κ3) is 3.46. The van der Waals surface area contributed by atoms with Crippen LogP contribution in [0, 0.1) is 6.92 Å². The summed E-state index contributed by atoms with van der Waals surface area (Å²) < 4.78 is 7.26. The summed E-state index contributed by atoms with van der Waals surface area (Å²) in [6, 6.07) is 22.1. The fourth-order valence-electron chi connectivity index (χ4n) is 3.61. The molecule has 148 valence electrons. The van der Waals surface area contributed by atoms with E-state index in [4.69, 9.17) is 14.4 Å². The first-order valence-corrected chi connectivity index (χ1v) is 9.90. The highest BCUT2D eigenvalue weighted by Crippen LogP contribution is 2.28. The van der Waals surface area contributed by atoms with E-state index in [1.54, 1.807) is 16.9 Å². The minimum Gasteiger partial charge on any atom is -0.493 e. The van der Waals surface area contributed by atoms with Gasteiger partial charge in [-0.1, -0.05) is 60.2 Å². The summed E-state index contributed by atoms with van der Waals surface area (Å²) in [6.45, 7) is 2.06. The molecule has 0 saturated heterocycles. The van der Waals surface area contributed by atoms with Crippen LogP contribution in [0.15, 0.2) is 83.6 Å². The Morgan fingerprint density at radius 1 is 0.833 bits per heavy atom. The van der Waals surface area contributed by atoms with Gasteiger partial charge in [0.1, 0.15) is 11.4 Å². The molecule has 5 heteroatoms. The van der Waals surface area contributed by atoms with E-state index < -0.39 is 0 Å². The molecule has 0 spiro atoms. The maximum Gasteiger partial charge on any atom is 0.219 e. The minimum absolute atomic E-state index is 0.134. The van der Waals surface area contributed by atoms with Crippen LogP contribution in [0.5, 0.6) is 5.88 Å². The van der Waals surface area contributed by atoms with Gasteiger partial charge in [0.15, 0.2) is 11.4 Å². The van der Waals surface area contributed by atoms with Crippen LogP contribution in [0.2, 0.25) is 0 Å². The van der Waals surface area contributed by atoms with Crippen LogP contribution in [0.1, 0.15) is 28.1 Å². The second-order valence-corrected chi connectivity index (χ2v) is 7.45. The van der Waals surface area contributed by atoms with Gasteiger partial charge >= 0.3 is 0 Å². The Labute approximate surface area is 174 Å². The molecule has 0 radical (unpaired) electrons. The maximum absolute atomic E-state index is 11.0. The summed E-state index contributed by atoms with van der Waals surface area (Å²) in [5, 5.41) is 11.0. The first-order chi connectivity index (χ1) is 14.7. The molecule has 5 nitrogen and oxygen atoms in total. The van der Waals surface area contributed by atoms with E-state index in [1.807, 2.05) is 30.3 Å². The van der Waals surface area contributed by atoms with Crippen molar-refractivity contribution in [2.45, 2.75) is 19.8 Å². The lowest BCUT2D eigenvalue weighted by Gasteiger charge is -2.07. The van der Waals surface area contributed by atoms with Crippen LogP contribution in [0.4, 0.5) is 0 Å². The quantitative estimate of drug-likeness (QED) is 0.445. The second kappa shape index (κ2) is 7.52. The third-order valence-electron chi connectivity index (χ3n) is 5.20. The van der Waals surface area contributed by atoms with Crippen molar-refractivity contribution < 1.29 is 9.52 Å². The summed E-state index contributed by atoms with van der Waals surface area (Å²) in [7, 11) is 0. The van der Waals surface area contributed by atoms with Crippen molar-refractivity contribution in [3.05, 3.63) is 107 Å². The molecule has 3 aromatic heterocycles. The fourth-order valence-corrected chi connectivity index (χ4v) is 3.61. The Morgan fingerprint density at radius 2 is 1.57 bits per heavy atom. The molecule has 2 aromatic carbocycles. The Hall–Kier alpha value is -3.86. The van der Waals surface area contributed by atoms with Crippen molar-refractivity contribution in [1.29, 1.82) is 0 Å². The number of furan rings is 1. The number of imidazole rings is 1. The number of hydrogen-bond acceptors (Lipinski definition) is 4. The standard InChI is InChI=1S/C25H21N3O2/c1-17-9-11-19(12-10-17)15-21-25(29)28-16-22(23-8-5-13-30-23)26-20(24(28)27-21)14-18-6-3-2-4-7-18/h2-13,16,29H,14-15H2,1H3. The maximum atomic E-state index is 11.0. The van der Waals surface area contributed by atoms with Crippen molar-refractivity contribution in [3.63, 3.8) is 0 Å². The molecule has 30 heavy (non-hydrogen) atoms. The lowest BCUT2D eigenvalue weighted by Crippen LogP contribution is -2.00. The molecule has 0 fully saturated rings. The number of aromatic hydroxyl groups is 1. The second-order valence-electron chi connectivity index (χ2n) is 7.45. The van der Waals surface area contributed by atoms with E-state index in [-0.39, 0.29) is 5.88 Å². The minimum atomic E-state index is 0.134. The lowest BCUT2D eigenvalue weighted by molar-refractivity contribution is 0.442. The average Bonchev–Trinajstić information content (AvgIpc) is 3.40. The van der Waals surface area contributed by atoms with Gasteiger partial charge < -0.3 is 9.52 Å². The number of rotatable bonds is 5. The highest BCUT2D eigenvalue weighted by atomic mass is 16.3. The summed E-state index contributed by atoms with van der Waals surface area (Å²) in [5.74, 6) is 0.787. The largest absolute Gasteiger partial charge is 0.493 e. The molecule has 0 saturated carbocycles. The van der Waals surface area contributed by atoms with Crippen LogP contribution < -0.4 is 0 Å². The zero-order valence-electron chi connectivity index (χ0n) is 16.6. The molecule has 5 rings (SSSR count). The number of fused-ring (bicyclic) bond motifs is 1. The Kier molecular flexibility index (Phi) is 4.56. The SMILES string of the molecule is Cc1ccc(Cc2nc3c(Cc4ccccc4)nc(-c4ccco4)cn3c2O)cc1. The zero-order chi connectivity index (χ0) is 20.5. The fraction of sp³-hybridized carbons (Fsp3) is 0.120. The van der Waals surface area contributed by atoms with E-state index in [0.29, 0.717) is 35.6 Å². The molecule has 0 aliphatic rings. The summed E-state index contributed by atoms with van der Waals surface area (Å²) in [6.07, 6.45) is 4.56. The Balaban J connectivity index is 1.63. The van der Waals surface area contributed by atoms with Crippen LogP contribution in [0.3, 0.4) is 0 Å². The molecule has 0 unspecified atom stereocenters. The van der Waals surface area contributed by atoms with Crippen molar-refractivity contribution in [1.82, 2.24) is 14.4 Å². The lowest BCUT2D eigenvalue weighted by atomic mass is 10.1. The molecular weight excluding hydrogens is 374 g/mol. The van der Waals surface area contributed by atoms with Gasteiger partial charge in [-0.05, 0) is 30.2 Å². The highest BCUT2D eigenvalue weighted by molar-refractivity contribution is 5.59. The highest BCUT2D eigenvalue weighted by Gasteiger charge is 2.18. The first-order valence-electron chi connectivity index (χ1n) is 9.90. The van der Waals surface area contributed by atoms with Gasteiger partial charge in [0.25, 0.3) is 0 Å². The van der Waals surface area contributed by atoms with E-state index in [2.05, 4.69) is 43.3 Å². The Morgan fingerprint density at radius 3 is 2.30 bits per heavy atom. The van der Waals surface area contributed by atoms with Gasteiger partial charge in [0.2, 0.25) is 5.88 Å². The smallest absolute Gasteiger partial charge is 0.219 e. The van der Waals surface area contributed by atoms with E-state index in [0.717, 1.165) is 16.8 Å². The topological polar surface area (TPSA) is 63.6 Å².